The molecule has 1 atom stereocenters. The molecule has 2 aromatic rings. The van der Waals surface area contributed by atoms with Gasteiger partial charge in [-0.1, -0.05) is 17.7 Å². The smallest absolute Gasteiger partial charge is 0.252 e. The van der Waals surface area contributed by atoms with Crippen LogP contribution in [0.4, 0.5) is 5.82 Å². The van der Waals surface area contributed by atoms with Crippen molar-refractivity contribution < 1.29 is 9.53 Å². The Labute approximate surface area is 146 Å². The molecule has 0 saturated heterocycles. The number of benzene rings is 1. The summed E-state index contributed by atoms with van der Waals surface area (Å²) in [4.78, 5) is 16.1. The van der Waals surface area contributed by atoms with Gasteiger partial charge in [0.2, 0.25) is 0 Å². The minimum Gasteiger partial charge on any atom is -0.493 e. The molecule has 0 radical (unpaired) electrons. The van der Waals surface area contributed by atoms with E-state index in [-0.39, 0.29) is 11.9 Å². The molecule has 3 rings (SSSR count). The maximum absolute atomic E-state index is 11.8. The lowest BCUT2D eigenvalue weighted by Gasteiger charge is -2.19. The number of nitrogens with zero attached hydrogens (tertiary/aromatic N) is 1. The third-order valence-electron chi connectivity index (χ3n) is 3.93. The lowest BCUT2D eigenvalue weighted by Crippen LogP contribution is -2.22. The Balaban J connectivity index is 1.77. The third kappa shape index (κ3) is 3.79. The first kappa shape index (κ1) is 16.6. The Bertz CT molecular complexity index is 719. The van der Waals surface area contributed by atoms with Crippen LogP contribution in [-0.2, 0) is 0 Å². The number of pyridine rings is 1. The van der Waals surface area contributed by atoms with Gasteiger partial charge in [-0.05, 0) is 44.0 Å². The molecular formula is C18H20ClN3O2. The van der Waals surface area contributed by atoms with Gasteiger partial charge in [-0.25, -0.2) is 4.98 Å². The first-order valence-corrected chi connectivity index (χ1v) is 8.48. The lowest BCUT2D eigenvalue weighted by atomic mass is 10.0. The Morgan fingerprint density at radius 3 is 3.00 bits per heavy atom. The summed E-state index contributed by atoms with van der Waals surface area (Å²) in [5.74, 6) is 1.44. The number of nitrogens with one attached hydrogen (secondary N) is 2. The molecule has 0 spiro atoms. The summed E-state index contributed by atoms with van der Waals surface area (Å²) >= 11 is 6.06. The SMILES string of the molecule is CCNC(=O)c1ccc(NC2CCCOc3cc(Cl)ccc32)nc1. The zero-order valence-electron chi connectivity index (χ0n) is 13.5. The predicted octanol–water partition coefficient (Wildman–Crippen LogP) is 3.81. The van der Waals surface area contributed by atoms with Crippen molar-refractivity contribution in [3.05, 3.63) is 52.7 Å². The van der Waals surface area contributed by atoms with Crippen molar-refractivity contribution in [2.75, 3.05) is 18.5 Å². The van der Waals surface area contributed by atoms with E-state index in [1.807, 2.05) is 31.2 Å². The molecule has 0 fully saturated rings. The summed E-state index contributed by atoms with van der Waals surface area (Å²) in [5.41, 5.74) is 1.63. The summed E-state index contributed by atoms with van der Waals surface area (Å²) in [6.45, 7) is 3.16. The zero-order valence-corrected chi connectivity index (χ0v) is 14.3. The number of hydrogen-bond acceptors (Lipinski definition) is 4. The number of fused-ring (bicyclic) bond motifs is 1. The Kier molecular flexibility index (Phi) is 5.20. The number of carbonyl (C=O) groups excluding carboxylic acids is 1. The average molecular weight is 346 g/mol. The monoisotopic (exact) mass is 345 g/mol. The second kappa shape index (κ2) is 7.53. The molecule has 0 aliphatic carbocycles. The maximum atomic E-state index is 11.8. The number of aromatic nitrogens is 1. The predicted molar refractivity (Wildman–Crippen MR) is 94.8 cm³/mol. The van der Waals surface area contributed by atoms with E-state index in [2.05, 4.69) is 15.6 Å². The quantitative estimate of drug-likeness (QED) is 0.884. The lowest BCUT2D eigenvalue weighted by molar-refractivity contribution is 0.0955. The van der Waals surface area contributed by atoms with Crippen molar-refractivity contribution in [3.63, 3.8) is 0 Å². The highest BCUT2D eigenvalue weighted by molar-refractivity contribution is 6.30. The van der Waals surface area contributed by atoms with Gasteiger partial charge < -0.3 is 15.4 Å². The Morgan fingerprint density at radius 2 is 2.25 bits per heavy atom. The fourth-order valence-electron chi connectivity index (χ4n) is 2.75. The Hall–Kier alpha value is -2.27. The first-order chi connectivity index (χ1) is 11.7. The van der Waals surface area contributed by atoms with E-state index in [0.29, 0.717) is 23.7 Å². The molecule has 1 unspecified atom stereocenters. The van der Waals surface area contributed by atoms with Gasteiger partial charge in [-0.3, -0.25) is 4.79 Å². The normalized spacial score (nSPS) is 16.5. The van der Waals surface area contributed by atoms with Crippen LogP contribution < -0.4 is 15.4 Å². The number of carbonyl (C=O) groups is 1. The van der Waals surface area contributed by atoms with Crippen LogP contribution in [0.2, 0.25) is 5.02 Å². The van der Waals surface area contributed by atoms with E-state index in [0.717, 1.165) is 30.0 Å². The largest absolute Gasteiger partial charge is 0.493 e. The van der Waals surface area contributed by atoms with Gasteiger partial charge in [0.15, 0.2) is 0 Å². The van der Waals surface area contributed by atoms with E-state index >= 15 is 0 Å². The van der Waals surface area contributed by atoms with Gasteiger partial charge in [0.05, 0.1) is 18.2 Å². The molecule has 0 bridgehead atoms. The fourth-order valence-corrected chi connectivity index (χ4v) is 2.91. The van der Waals surface area contributed by atoms with Crippen molar-refractivity contribution in [3.8, 4) is 5.75 Å². The molecule has 1 aromatic heterocycles. The van der Waals surface area contributed by atoms with Gasteiger partial charge in [0, 0.05) is 23.3 Å². The highest BCUT2D eigenvalue weighted by atomic mass is 35.5. The van der Waals surface area contributed by atoms with E-state index in [1.165, 1.54) is 0 Å². The van der Waals surface area contributed by atoms with Crippen LogP contribution >= 0.6 is 11.6 Å². The van der Waals surface area contributed by atoms with Crippen LogP contribution in [0.15, 0.2) is 36.5 Å². The molecule has 1 aliphatic heterocycles. The fraction of sp³-hybridized carbons (Fsp3) is 0.333. The molecule has 5 nitrogen and oxygen atoms in total. The van der Waals surface area contributed by atoms with Crippen molar-refractivity contribution in [2.45, 2.75) is 25.8 Å². The third-order valence-corrected chi connectivity index (χ3v) is 4.17. The number of halogens is 1. The number of hydrogen-bond donors (Lipinski definition) is 2. The summed E-state index contributed by atoms with van der Waals surface area (Å²) in [6, 6.07) is 9.41. The van der Waals surface area contributed by atoms with Crippen LogP contribution in [0.25, 0.3) is 0 Å². The van der Waals surface area contributed by atoms with Crippen LogP contribution in [-0.4, -0.2) is 24.0 Å². The molecule has 126 valence electrons. The highest BCUT2D eigenvalue weighted by Gasteiger charge is 2.20. The summed E-state index contributed by atoms with van der Waals surface area (Å²) in [5, 5.41) is 6.86. The van der Waals surface area contributed by atoms with E-state index in [1.54, 1.807) is 12.3 Å². The molecular weight excluding hydrogens is 326 g/mol. The highest BCUT2D eigenvalue weighted by Crippen LogP contribution is 2.35. The van der Waals surface area contributed by atoms with Gasteiger partial charge in [0.1, 0.15) is 11.6 Å². The van der Waals surface area contributed by atoms with Crippen molar-refractivity contribution >= 4 is 23.3 Å². The standard InChI is InChI=1S/C18H20ClN3O2/c1-2-20-18(23)12-5-8-17(21-11-12)22-15-4-3-9-24-16-10-13(19)6-7-14(15)16/h5-8,10-11,15H,2-4,9H2,1H3,(H,20,23)(H,21,22). The van der Waals surface area contributed by atoms with Crippen LogP contribution in [0.3, 0.4) is 0 Å². The van der Waals surface area contributed by atoms with Crippen LogP contribution in [0.1, 0.15) is 41.7 Å². The van der Waals surface area contributed by atoms with Gasteiger partial charge in [0.25, 0.3) is 5.91 Å². The summed E-state index contributed by atoms with van der Waals surface area (Å²) in [6.07, 6.45) is 3.47. The first-order valence-electron chi connectivity index (χ1n) is 8.10. The number of amides is 1. The van der Waals surface area contributed by atoms with Crippen LogP contribution in [0.5, 0.6) is 5.75 Å². The van der Waals surface area contributed by atoms with Gasteiger partial charge in [-0.15, -0.1) is 0 Å². The van der Waals surface area contributed by atoms with Crippen molar-refractivity contribution in [1.29, 1.82) is 0 Å². The minimum absolute atomic E-state index is 0.0996. The second-order valence-corrected chi connectivity index (χ2v) is 6.10. The molecule has 2 heterocycles. The molecule has 6 heteroatoms. The summed E-state index contributed by atoms with van der Waals surface area (Å²) < 4.78 is 5.78. The van der Waals surface area contributed by atoms with Crippen molar-refractivity contribution in [1.82, 2.24) is 10.3 Å². The van der Waals surface area contributed by atoms with E-state index < -0.39 is 0 Å². The van der Waals surface area contributed by atoms with E-state index in [4.69, 9.17) is 16.3 Å². The zero-order chi connectivity index (χ0) is 16.9. The summed E-state index contributed by atoms with van der Waals surface area (Å²) in [7, 11) is 0. The second-order valence-electron chi connectivity index (χ2n) is 5.66. The molecule has 24 heavy (non-hydrogen) atoms. The minimum atomic E-state index is -0.112. The number of anilines is 1. The molecule has 1 aliphatic rings. The van der Waals surface area contributed by atoms with E-state index in [9.17, 15) is 4.79 Å². The molecule has 1 aromatic carbocycles. The van der Waals surface area contributed by atoms with Crippen LogP contribution in [0, 0.1) is 0 Å². The van der Waals surface area contributed by atoms with Gasteiger partial charge in [-0.2, -0.15) is 0 Å². The number of ether oxygens (including phenoxy) is 1. The number of rotatable bonds is 4. The molecule has 1 amide bonds. The van der Waals surface area contributed by atoms with Crippen molar-refractivity contribution in [2.24, 2.45) is 0 Å². The Morgan fingerprint density at radius 1 is 1.38 bits per heavy atom. The molecule has 0 saturated carbocycles. The topological polar surface area (TPSA) is 63.2 Å². The van der Waals surface area contributed by atoms with Gasteiger partial charge >= 0.3 is 0 Å². The maximum Gasteiger partial charge on any atom is 0.252 e. The molecule has 2 N–H and O–H groups in total. The average Bonchev–Trinajstić information content (AvgIpc) is 2.77.